The van der Waals surface area contributed by atoms with Gasteiger partial charge >= 0.3 is 0 Å². The fourth-order valence-electron chi connectivity index (χ4n) is 1.04. The molecule has 0 radical (unpaired) electrons. The molecule has 0 unspecified atom stereocenters. The van der Waals surface area contributed by atoms with Gasteiger partial charge in [0, 0.05) is 10.1 Å². The fourth-order valence-corrected chi connectivity index (χ4v) is 1.59. The van der Waals surface area contributed by atoms with Crippen LogP contribution in [0.4, 0.5) is 0 Å². The second kappa shape index (κ2) is 5.78. The lowest BCUT2D eigenvalue weighted by Gasteiger charge is -2.05. The van der Waals surface area contributed by atoms with Gasteiger partial charge in [-0.1, -0.05) is 18.2 Å². The first-order valence-corrected chi connectivity index (χ1v) is 4.72. The standard InChI is InChI=1S/C9H12IN.ClH/c1-7-4-3-5-8(6-11-2)9(7)10;/h3-5,11H,6H2,1-2H3;1H. The molecule has 0 amide bonds. The highest BCUT2D eigenvalue weighted by molar-refractivity contribution is 14.1. The van der Waals surface area contributed by atoms with Crippen LogP contribution in [0.5, 0.6) is 0 Å². The molecular weight excluding hydrogens is 284 g/mol. The zero-order valence-corrected chi connectivity index (χ0v) is 10.2. The van der Waals surface area contributed by atoms with Crippen LogP contribution in [0, 0.1) is 10.5 Å². The summed E-state index contributed by atoms with van der Waals surface area (Å²) >= 11 is 2.39. The molecule has 1 aromatic rings. The molecule has 3 heteroatoms. The highest BCUT2D eigenvalue weighted by atomic mass is 127. The zero-order valence-electron chi connectivity index (χ0n) is 7.23. The number of nitrogens with one attached hydrogen (secondary N) is 1. The molecule has 0 aliphatic carbocycles. The highest BCUT2D eigenvalue weighted by Gasteiger charge is 1.99. The second-order valence-corrected chi connectivity index (χ2v) is 3.66. The Bertz CT molecular complexity index is 250. The molecule has 1 rings (SSSR count). The summed E-state index contributed by atoms with van der Waals surface area (Å²) < 4.78 is 1.37. The predicted molar refractivity (Wildman–Crippen MR) is 63.9 cm³/mol. The molecule has 12 heavy (non-hydrogen) atoms. The van der Waals surface area contributed by atoms with E-state index < -0.39 is 0 Å². The molecule has 1 N–H and O–H groups in total. The molecule has 68 valence electrons. The molecule has 0 bridgehead atoms. The Balaban J connectivity index is 0.00000121. The van der Waals surface area contributed by atoms with Crippen LogP contribution >= 0.6 is 35.0 Å². The summed E-state index contributed by atoms with van der Waals surface area (Å²) in [6.45, 7) is 3.10. The van der Waals surface area contributed by atoms with Crippen molar-refractivity contribution in [2.75, 3.05) is 7.05 Å². The number of rotatable bonds is 2. The SMILES string of the molecule is CNCc1cccc(C)c1I.Cl. The summed E-state index contributed by atoms with van der Waals surface area (Å²) in [4.78, 5) is 0. The van der Waals surface area contributed by atoms with Gasteiger partial charge in [0.1, 0.15) is 0 Å². The average molecular weight is 298 g/mol. The van der Waals surface area contributed by atoms with Crippen molar-refractivity contribution in [1.29, 1.82) is 0 Å². The quantitative estimate of drug-likeness (QED) is 0.828. The van der Waals surface area contributed by atoms with E-state index in [1.165, 1.54) is 14.7 Å². The summed E-state index contributed by atoms with van der Waals surface area (Å²) in [5.74, 6) is 0. The minimum absolute atomic E-state index is 0. The van der Waals surface area contributed by atoms with Crippen LogP contribution in [0.15, 0.2) is 18.2 Å². The number of hydrogen-bond donors (Lipinski definition) is 1. The van der Waals surface area contributed by atoms with Gasteiger partial charge in [-0.2, -0.15) is 0 Å². The third-order valence-electron chi connectivity index (χ3n) is 1.64. The molecule has 0 saturated heterocycles. The Hall–Kier alpha value is 0.200. The first kappa shape index (κ1) is 12.2. The molecule has 1 nitrogen and oxygen atoms in total. The van der Waals surface area contributed by atoms with Crippen LogP contribution in [-0.4, -0.2) is 7.05 Å². The minimum Gasteiger partial charge on any atom is -0.316 e. The van der Waals surface area contributed by atoms with Gasteiger partial charge < -0.3 is 5.32 Å². The van der Waals surface area contributed by atoms with Crippen LogP contribution in [0.25, 0.3) is 0 Å². The van der Waals surface area contributed by atoms with Crippen molar-refractivity contribution in [1.82, 2.24) is 5.32 Å². The van der Waals surface area contributed by atoms with Gasteiger partial charge in [0.25, 0.3) is 0 Å². The van der Waals surface area contributed by atoms with Crippen LogP contribution < -0.4 is 5.32 Å². The maximum atomic E-state index is 3.15. The van der Waals surface area contributed by atoms with E-state index >= 15 is 0 Å². The largest absolute Gasteiger partial charge is 0.316 e. The minimum atomic E-state index is 0. The lowest BCUT2D eigenvalue weighted by molar-refractivity contribution is 0.813. The second-order valence-electron chi connectivity index (χ2n) is 2.58. The van der Waals surface area contributed by atoms with Gasteiger partial charge in [-0.25, -0.2) is 0 Å². The van der Waals surface area contributed by atoms with Crippen molar-refractivity contribution in [2.24, 2.45) is 0 Å². The first-order valence-electron chi connectivity index (χ1n) is 3.64. The number of aryl methyl sites for hydroxylation is 1. The lowest BCUT2D eigenvalue weighted by Crippen LogP contribution is -2.06. The monoisotopic (exact) mass is 297 g/mol. The molecule has 0 spiro atoms. The summed E-state index contributed by atoms with van der Waals surface area (Å²) in [7, 11) is 1.97. The van der Waals surface area contributed by atoms with E-state index in [0.717, 1.165) is 6.54 Å². The van der Waals surface area contributed by atoms with E-state index in [1.54, 1.807) is 0 Å². The Morgan fingerprint density at radius 3 is 2.67 bits per heavy atom. The van der Waals surface area contributed by atoms with Crippen molar-refractivity contribution in [2.45, 2.75) is 13.5 Å². The molecule has 0 saturated carbocycles. The van der Waals surface area contributed by atoms with Gasteiger partial charge in [-0.3, -0.25) is 0 Å². The van der Waals surface area contributed by atoms with Crippen LogP contribution in [0.3, 0.4) is 0 Å². The predicted octanol–water partition coefficient (Wildman–Crippen LogP) is 2.74. The van der Waals surface area contributed by atoms with E-state index in [1.807, 2.05) is 7.05 Å². The fraction of sp³-hybridized carbons (Fsp3) is 0.333. The maximum Gasteiger partial charge on any atom is 0.0213 e. The van der Waals surface area contributed by atoms with E-state index in [-0.39, 0.29) is 12.4 Å². The van der Waals surface area contributed by atoms with Crippen LogP contribution in [0.1, 0.15) is 11.1 Å². The third kappa shape index (κ3) is 2.92. The van der Waals surface area contributed by atoms with Gasteiger partial charge in [0.15, 0.2) is 0 Å². The average Bonchev–Trinajstić information content (AvgIpc) is 1.99. The number of hydrogen-bond acceptors (Lipinski definition) is 1. The van der Waals surface area contributed by atoms with Gasteiger partial charge in [0.2, 0.25) is 0 Å². The first-order chi connectivity index (χ1) is 5.25. The Morgan fingerprint density at radius 2 is 2.08 bits per heavy atom. The normalized spacial score (nSPS) is 9.25. The molecule has 1 aromatic carbocycles. The van der Waals surface area contributed by atoms with Gasteiger partial charge in [-0.05, 0) is 47.7 Å². The highest BCUT2D eigenvalue weighted by Crippen LogP contribution is 2.15. The Kier molecular flexibility index (Phi) is 5.88. The third-order valence-corrected chi connectivity index (χ3v) is 3.18. The number of halogens is 2. The zero-order chi connectivity index (χ0) is 8.27. The molecule has 0 heterocycles. The summed E-state index contributed by atoms with van der Waals surface area (Å²) in [5.41, 5.74) is 2.74. The van der Waals surface area contributed by atoms with Crippen molar-refractivity contribution >= 4 is 35.0 Å². The summed E-state index contributed by atoms with van der Waals surface area (Å²) in [5, 5.41) is 3.15. The molecule has 0 atom stereocenters. The molecule has 0 aliphatic rings. The summed E-state index contributed by atoms with van der Waals surface area (Å²) in [6, 6.07) is 6.40. The molecular formula is C9H13ClIN. The van der Waals surface area contributed by atoms with E-state index in [9.17, 15) is 0 Å². The van der Waals surface area contributed by atoms with E-state index in [0.29, 0.717) is 0 Å². The van der Waals surface area contributed by atoms with Crippen molar-refractivity contribution in [3.8, 4) is 0 Å². The van der Waals surface area contributed by atoms with E-state index in [4.69, 9.17) is 0 Å². The Morgan fingerprint density at radius 1 is 1.42 bits per heavy atom. The maximum absolute atomic E-state index is 3.15. The van der Waals surface area contributed by atoms with Gasteiger partial charge in [0.05, 0.1) is 0 Å². The number of benzene rings is 1. The molecule has 0 aliphatic heterocycles. The molecule has 0 aromatic heterocycles. The topological polar surface area (TPSA) is 12.0 Å². The van der Waals surface area contributed by atoms with Crippen molar-refractivity contribution in [3.63, 3.8) is 0 Å². The van der Waals surface area contributed by atoms with Gasteiger partial charge in [-0.15, -0.1) is 12.4 Å². The summed E-state index contributed by atoms with van der Waals surface area (Å²) in [6.07, 6.45) is 0. The van der Waals surface area contributed by atoms with Crippen LogP contribution in [-0.2, 0) is 6.54 Å². The molecule has 0 fully saturated rings. The lowest BCUT2D eigenvalue weighted by atomic mass is 10.1. The van der Waals surface area contributed by atoms with Crippen LogP contribution in [0.2, 0.25) is 0 Å². The van der Waals surface area contributed by atoms with E-state index in [2.05, 4.69) is 53.0 Å². The van der Waals surface area contributed by atoms with Crippen molar-refractivity contribution in [3.05, 3.63) is 32.9 Å². The Labute approximate surface area is 93.5 Å². The smallest absolute Gasteiger partial charge is 0.0213 e. The van der Waals surface area contributed by atoms with Crippen molar-refractivity contribution < 1.29 is 0 Å².